The second-order valence-electron chi connectivity index (χ2n) is 7.15. The highest BCUT2D eigenvalue weighted by Gasteiger charge is 2.36. The molecule has 19 heavy (non-hydrogen) atoms. The van der Waals surface area contributed by atoms with Crippen LogP contribution in [0.15, 0.2) is 0 Å². The first-order chi connectivity index (χ1) is 8.93. The molecule has 0 bridgehead atoms. The Labute approximate surface area is 118 Å². The highest BCUT2D eigenvalue weighted by Crippen LogP contribution is 2.32. The van der Waals surface area contributed by atoms with Crippen LogP contribution >= 0.6 is 0 Å². The average Bonchev–Trinajstić information content (AvgIpc) is 3.20. The van der Waals surface area contributed by atoms with E-state index >= 15 is 0 Å². The Bertz CT molecular complexity index is 338. The number of hydrogen-bond acceptors (Lipinski definition) is 3. The Hall–Kier alpha value is -0.590. The maximum Gasteiger partial charge on any atom is 0.105 e. The van der Waals surface area contributed by atoms with Gasteiger partial charge in [-0.1, -0.05) is 0 Å². The van der Waals surface area contributed by atoms with Gasteiger partial charge in [0.15, 0.2) is 0 Å². The SMILES string of the molecule is CC(C)N(CC1CC1)C(C)CC(C)(C#N)NC1CC1. The molecule has 2 rings (SSSR count). The van der Waals surface area contributed by atoms with Crippen LogP contribution in [0.1, 0.15) is 59.8 Å². The molecule has 0 amide bonds. The molecule has 2 atom stereocenters. The molecule has 0 aromatic carbocycles. The molecule has 1 N–H and O–H groups in total. The molecule has 2 aliphatic carbocycles. The fraction of sp³-hybridized carbons (Fsp3) is 0.938. The number of hydrogen-bond donors (Lipinski definition) is 1. The number of rotatable bonds is 8. The lowest BCUT2D eigenvalue weighted by Crippen LogP contribution is -2.50. The first kappa shape index (κ1) is 14.8. The van der Waals surface area contributed by atoms with E-state index in [4.69, 9.17) is 0 Å². The zero-order valence-corrected chi connectivity index (χ0v) is 12.9. The van der Waals surface area contributed by atoms with Gasteiger partial charge in [0.05, 0.1) is 6.07 Å². The van der Waals surface area contributed by atoms with E-state index in [1.54, 1.807) is 0 Å². The fourth-order valence-corrected chi connectivity index (χ4v) is 3.02. The topological polar surface area (TPSA) is 39.1 Å². The minimum Gasteiger partial charge on any atom is -0.298 e. The van der Waals surface area contributed by atoms with Crippen LogP contribution in [0.4, 0.5) is 0 Å². The Morgan fingerprint density at radius 1 is 1.26 bits per heavy atom. The smallest absolute Gasteiger partial charge is 0.105 e. The summed E-state index contributed by atoms with van der Waals surface area (Å²) in [6, 6.07) is 4.13. The first-order valence-corrected chi connectivity index (χ1v) is 7.88. The van der Waals surface area contributed by atoms with Crippen molar-refractivity contribution in [3.63, 3.8) is 0 Å². The molecule has 0 aromatic rings. The Morgan fingerprint density at radius 2 is 1.89 bits per heavy atom. The van der Waals surface area contributed by atoms with Gasteiger partial charge in [0.25, 0.3) is 0 Å². The highest BCUT2D eigenvalue weighted by molar-refractivity contribution is 5.08. The monoisotopic (exact) mass is 263 g/mol. The number of nitrogens with zero attached hydrogens (tertiary/aromatic N) is 2. The van der Waals surface area contributed by atoms with Crippen LogP contribution in [0.3, 0.4) is 0 Å². The molecule has 0 radical (unpaired) electrons. The standard InChI is InChI=1S/C16H29N3/c1-12(2)19(10-14-5-6-14)13(3)9-16(4,11-17)18-15-7-8-15/h12-15,18H,5-10H2,1-4H3. The molecule has 0 saturated heterocycles. The van der Waals surface area contributed by atoms with Crippen molar-refractivity contribution in [3.8, 4) is 6.07 Å². The lowest BCUT2D eigenvalue weighted by molar-refractivity contribution is 0.132. The molecule has 2 aliphatic rings. The third-order valence-corrected chi connectivity index (χ3v) is 4.45. The van der Waals surface area contributed by atoms with Gasteiger partial charge in [0, 0.05) is 24.7 Å². The third-order valence-electron chi connectivity index (χ3n) is 4.45. The van der Waals surface area contributed by atoms with Gasteiger partial charge < -0.3 is 0 Å². The van der Waals surface area contributed by atoms with Crippen molar-refractivity contribution in [2.45, 2.75) is 83.5 Å². The van der Waals surface area contributed by atoms with Crippen molar-refractivity contribution < 1.29 is 0 Å². The third kappa shape index (κ3) is 4.47. The van der Waals surface area contributed by atoms with Gasteiger partial charge in [-0.25, -0.2) is 0 Å². The van der Waals surface area contributed by atoms with E-state index in [0.717, 1.165) is 12.3 Å². The van der Waals surface area contributed by atoms with Crippen molar-refractivity contribution in [1.82, 2.24) is 10.2 Å². The molecule has 2 fully saturated rings. The van der Waals surface area contributed by atoms with E-state index in [-0.39, 0.29) is 5.54 Å². The van der Waals surface area contributed by atoms with Crippen LogP contribution < -0.4 is 5.32 Å². The fourth-order valence-electron chi connectivity index (χ4n) is 3.02. The lowest BCUT2D eigenvalue weighted by atomic mass is 9.93. The van der Waals surface area contributed by atoms with Crippen LogP contribution in [-0.4, -0.2) is 35.1 Å². The molecule has 108 valence electrons. The first-order valence-electron chi connectivity index (χ1n) is 7.88. The molecule has 0 aromatic heterocycles. The summed E-state index contributed by atoms with van der Waals surface area (Å²) in [5.74, 6) is 0.912. The normalized spacial score (nSPS) is 24.3. The molecule has 3 heteroatoms. The van der Waals surface area contributed by atoms with Gasteiger partial charge in [0.2, 0.25) is 0 Å². The van der Waals surface area contributed by atoms with Crippen LogP contribution in [0.2, 0.25) is 0 Å². The summed E-state index contributed by atoms with van der Waals surface area (Å²) in [7, 11) is 0. The number of nitriles is 1. The van der Waals surface area contributed by atoms with Crippen molar-refractivity contribution in [1.29, 1.82) is 5.26 Å². The van der Waals surface area contributed by atoms with E-state index in [1.807, 2.05) is 0 Å². The molecule has 0 spiro atoms. The maximum atomic E-state index is 9.49. The highest BCUT2D eigenvalue weighted by atomic mass is 15.2. The van der Waals surface area contributed by atoms with Crippen LogP contribution in [0, 0.1) is 17.2 Å². The average molecular weight is 263 g/mol. The Kier molecular flexibility index (Phi) is 4.53. The summed E-state index contributed by atoms with van der Waals surface area (Å²) in [6.45, 7) is 10.1. The van der Waals surface area contributed by atoms with Gasteiger partial charge in [-0.15, -0.1) is 0 Å². The van der Waals surface area contributed by atoms with Crippen LogP contribution in [0.25, 0.3) is 0 Å². The number of nitrogens with one attached hydrogen (secondary N) is 1. The second-order valence-corrected chi connectivity index (χ2v) is 7.15. The van der Waals surface area contributed by atoms with Crippen molar-refractivity contribution in [2.24, 2.45) is 5.92 Å². The van der Waals surface area contributed by atoms with Gasteiger partial charge in [-0.2, -0.15) is 5.26 Å². The van der Waals surface area contributed by atoms with Crippen LogP contribution in [0.5, 0.6) is 0 Å². The summed E-state index contributed by atoms with van der Waals surface area (Å²) in [4.78, 5) is 2.59. The van der Waals surface area contributed by atoms with Gasteiger partial charge in [-0.05, 0) is 65.7 Å². The molecular weight excluding hydrogens is 234 g/mol. The van der Waals surface area contributed by atoms with E-state index < -0.39 is 0 Å². The summed E-state index contributed by atoms with van der Waals surface area (Å²) < 4.78 is 0. The van der Waals surface area contributed by atoms with E-state index in [1.165, 1.54) is 32.2 Å². The predicted molar refractivity (Wildman–Crippen MR) is 78.8 cm³/mol. The largest absolute Gasteiger partial charge is 0.298 e. The molecule has 2 saturated carbocycles. The summed E-state index contributed by atoms with van der Waals surface area (Å²) in [6.07, 6.45) is 6.19. The summed E-state index contributed by atoms with van der Waals surface area (Å²) in [5.41, 5.74) is -0.364. The van der Waals surface area contributed by atoms with Crippen molar-refractivity contribution >= 4 is 0 Å². The van der Waals surface area contributed by atoms with Crippen molar-refractivity contribution in [2.75, 3.05) is 6.54 Å². The van der Waals surface area contributed by atoms with Gasteiger partial charge in [0.1, 0.15) is 5.54 Å². The van der Waals surface area contributed by atoms with E-state index in [2.05, 4.69) is 44.0 Å². The molecule has 0 aliphatic heterocycles. The quantitative estimate of drug-likeness (QED) is 0.732. The molecule has 3 nitrogen and oxygen atoms in total. The predicted octanol–water partition coefficient (Wildman–Crippen LogP) is 2.92. The molecule has 2 unspecified atom stereocenters. The minimum atomic E-state index is -0.364. The maximum absolute atomic E-state index is 9.49. The van der Waals surface area contributed by atoms with Crippen molar-refractivity contribution in [3.05, 3.63) is 0 Å². The summed E-state index contributed by atoms with van der Waals surface area (Å²) in [5, 5.41) is 13.0. The van der Waals surface area contributed by atoms with Gasteiger partial charge in [-0.3, -0.25) is 10.2 Å². The second kappa shape index (κ2) is 5.81. The van der Waals surface area contributed by atoms with E-state index in [0.29, 0.717) is 18.1 Å². The zero-order chi connectivity index (χ0) is 14.0. The zero-order valence-electron chi connectivity index (χ0n) is 12.9. The molecular formula is C16H29N3. The minimum absolute atomic E-state index is 0.364. The Morgan fingerprint density at radius 3 is 2.32 bits per heavy atom. The van der Waals surface area contributed by atoms with Gasteiger partial charge >= 0.3 is 0 Å². The summed E-state index contributed by atoms with van der Waals surface area (Å²) >= 11 is 0. The van der Waals surface area contributed by atoms with Crippen LogP contribution in [-0.2, 0) is 0 Å². The Balaban J connectivity index is 1.91. The lowest BCUT2D eigenvalue weighted by Gasteiger charge is -2.37. The molecule has 0 heterocycles. The van der Waals surface area contributed by atoms with E-state index in [9.17, 15) is 5.26 Å².